The van der Waals surface area contributed by atoms with Crippen molar-refractivity contribution in [1.82, 2.24) is 15.3 Å². The van der Waals surface area contributed by atoms with Crippen molar-refractivity contribution in [1.29, 1.82) is 0 Å². The summed E-state index contributed by atoms with van der Waals surface area (Å²) in [5.74, 6) is 0.385. The van der Waals surface area contributed by atoms with E-state index >= 15 is 0 Å². The van der Waals surface area contributed by atoms with Gasteiger partial charge in [-0.25, -0.2) is 13.4 Å². The number of halogens is 3. The molecule has 0 saturated heterocycles. The third-order valence-corrected chi connectivity index (χ3v) is 7.28. The van der Waals surface area contributed by atoms with Gasteiger partial charge in [0, 0.05) is 36.3 Å². The van der Waals surface area contributed by atoms with Crippen LogP contribution in [0.3, 0.4) is 0 Å². The molecule has 2 aliphatic heterocycles. The van der Waals surface area contributed by atoms with Crippen molar-refractivity contribution in [2.24, 2.45) is 0 Å². The molecule has 0 unspecified atom stereocenters. The number of benzene rings is 2. The first-order chi connectivity index (χ1) is 17.2. The Balaban J connectivity index is 1.53. The quantitative estimate of drug-likeness (QED) is 0.524. The van der Waals surface area contributed by atoms with Crippen molar-refractivity contribution in [2.75, 3.05) is 35.9 Å². The van der Waals surface area contributed by atoms with Crippen LogP contribution in [0.15, 0.2) is 66.0 Å². The van der Waals surface area contributed by atoms with E-state index in [0.29, 0.717) is 48.7 Å². The van der Waals surface area contributed by atoms with E-state index in [4.69, 9.17) is 4.74 Å². The molecular weight excluding hydrogens is 495 g/mol. The van der Waals surface area contributed by atoms with Gasteiger partial charge in [-0.15, -0.1) is 0 Å². The number of ether oxygens (including phenoxy) is 1. The molecule has 0 amide bonds. The number of hydrogen-bond acceptors (Lipinski definition) is 7. The van der Waals surface area contributed by atoms with E-state index in [0.717, 1.165) is 11.6 Å². The van der Waals surface area contributed by atoms with Gasteiger partial charge >= 0.3 is 6.18 Å². The normalized spacial score (nSPS) is 16.1. The molecule has 188 valence electrons. The van der Waals surface area contributed by atoms with Crippen molar-refractivity contribution in [2.45, 2.75) is 17.5 Å². The van der Waals surface area contributed by atoms with Crippen LogP contribution in [0.25, 0.3) is 5.57 Å². The van der Waals surface area contributed by atoms with Gasteiger partial charge in [-0.2, -0.15) is 13.2 Å². The second-order valence-corrected chi connectivity index (χ2v) is 9.92. The standard InChI is InChI=1S/C24H22F3N5O3S/c25-24(26,27)17-1-3-20(19(13-17)16-5-7-28-8-6-16)32-11-12-35-22-14-18(2-4-21(22)32)36(33,34)31-23-15-29-9-10-30-23/h1-5,9-10,13-15,28H,6-8,11-12H2,(H,30,31). The molecule has 0 bridgehead atoms. The summed E-state index contributed by atoms with van der Waals surface area (Å²) >= 11 is 0. The smallest absolute Gasteiger partial charge is 0.416 e. The van der Waals surface area contributed by atoms with E-state index in [9.17, 15) is 21.6 Å². The molecule has 0 saturated carbocycles. The summed E-state index contributed by atoms with van der Waals surface area (Å²) in [4.78, 5) is 9.59. The van der Waals surface area contributed by atoms with Gasteiger partial charge in [0.2, 0.25) is 0 Å². The van der Waals surface area contributed by atoms with E-state index in [1.807, 2.05) is 11.0 Å². The fraction of sp³-hybridized carbons (Fsp3) is 0.250. The Bertz CT molecular complexity index is 1410. The highest BCUT2D eigenvalue weighted by molar-refractivity contribution is 7.92. The van der Waals surface area contributed by atoms with Crippen LogP contribution in [0.1, 0.15) is 17.5 Å². The molecule has 12 heteroatoms. The Kier molecular flexibility index (Phi) is 6.31. The maximum absolute atomic E-state index is 13.5. The Morgan fingerprint density at radius 1 is 1.08 bits per heavy atom. The van der Waals surface area contributed by atoms with Gasteiger partial charge in [-0.1, -0.05) is 6.08 Å². The molecule has 2 N–H and O–H groups in total. The summed E-state index contributed by atoms with van der Waals surface area (Å²) in [6.45, 7) is 1.86. The molecule has 2 aliphatic rings. The Morgan fingerprint density at radius 2 is 1.92 bits per heavy atom. The van der Waals surface area contributed by atoms with Gasteiger partial charge < -0.3 is 15.0 Å². The first-order valence-corrected chi connectivity index (χ1v) is 12.7. The van der Waals surface area contributed by atoms with Gasteiger partial charge in [0.1, 0.15) is 12.4 Å². The van der Waals surface area contributed by atoms with Crippen LogP contribution in [0, 0.1) is 0 Å². The molecule has 2 aromatic carbocycles. The number of alkyl halides is 3. The molecule has 0 radical (unpaired) electrons. The lowest BCUT2D eigenvalue weighted by atomic mass is 9.95. The van der Waals surface area contributed by atoms with Crippen LogP contribution >= 0.6 is 0 Å². The molecule has 3 aromatic rings. The minimum atomic E-state index is -4.47. The third-order valence-electron chi connectivity index (χ3n) is 5.93. The summed E-state index contributed by atoms with van der Waals surface area (Å²) in [6, 6.07) is 8.14. The van der Waals surface area contributed by atoms with Crippen LogP contribution in [0.5, 0.6) is 5.75 Å². The number of rotatable bonds is 5. The first-order valence-electron chi connectivity index (χ1n) is 11.2. The van der Waals surface area contributed by atoms with Gasteiger partial charge in [-0.05, 0) is 48.9 Å². The number of aromatic nitrogens is 2. The van der Waals surface area contributed by atoms with Crippen LogP contribution in [0.4, 0.5) is 30.4 Å². The highest BCUT2D eigenvalue weighted by atomic mass is 32.2. The molecule has 0 aliphatic carbocycles. The topological polar surface area (TPSA) is 96.5 Å². The van der Waals surface area contributed by atoms with Crippen LogP contribution in [-0.2, 0) is 16.2 Å². The minimum Gasteiger partial charge on any atom is -0.489 e. The number of anilines is 3. The second kappa shape index (κ2) is 9.43. The molecule has 0 fully saturated rings. The van der Waals surface area contributed by atoms with Crippen molar-refractivity contribution in [3.8, 4) is 5.75 Å². The second-order valence-electron chi connectivity index (χ2n) is 8.24. The Hall–Kier alpha value is -3.64. The zero-order valence-electron chi connectivity index (χ0n) is 18.9. The Morgan fingerprint density at radius 3 is 2.64 bits per heavy atom. The van der Waals surface area contributed by atoms with Crippen LogP contribution in [-0.4, -0.2) is 44.6 Å². The van der Waals surface area contributed by atoms with Gasteiger partial charge in [0.25, 0.3) is 10.0 Å². The highest BCUT2D eigenvalue weighted by Crippen LogP contribution is 2.43. The van der Waals surface area contributed by atoms with E-state index in [2.05, 4.69) is 20.0 Å². The first kappa shape index (κ1) is 24.1. The van der Waals surface area contributed by atoms with Crippen molar-refractivity contribution >= 4 is 32.8 Å². The zero-order valence-corrected chi connectivity index (χ0v) is 19.7. The summed E-state index contributed by atoms with van der Waals surface area (Å²) < 4.78 is 74.4. The van der Waals surface area contributed by atoms with Crippen molar-refractivity contribution in [3.05, 3.63) is 72.2 Å². The van der Waals surface area contributed by atoms with E-state index < -0.39 is 21.8 Å². The predicted octanol–water partition coefficient (Wildman–Crippen LogP) is 4.20. The highest BCUT2D eigenvalue weighted by Gasteiger charge is 2.33. The summed E-state index contributed by atoms with van der Waals surface area (Å²) in [5.41, 5.74) is 1.78. The van der Waals surface area contributed by atoms with E-state index in [1.165, 1.54) is 42.9 Å². The molecule has 8 nitrogen and oxygen atoms in total. The maximum atomic E-state index is 13.5. The van der Waals surface area contributed by atoms with Crippen LogP contribution < -0.4 is 19.7 Å². The largest absolute Gasteiger partial charge is 0.489 e. The molecule has 0 atom stereocenters. The summed E-state index contributed by atoms with van der Waals surface area (Å²) in [5, 5.41) is 3.18. The van der Waals surface area contributed by atoms with Gasteiger partial charge in [-0.3, -0.25) is 9.71 Å². The van der Waals surface area contributed by atoms with Crippen molar-refractivity contribution < 1.29 is 26.3 Å². The lowest BCUT2D eigenvalue weighted by Crippen LogP contribution is -2.30. The summed E-state index contributed by atoms with van der Waals surface area (Å²) in [7, 11) is -3.97. The molecule has 5 rings (SSSR count). The molecular formula is C24H22F3N5O3S. The van der Waals surface area contributed by atoms with Crippen LogP contribution in [0.2, 0.25) is 0 Å². The van der Waals surface area contributed by atoms with Gasteiger partial charge in [0.05, 0.1) is 28.9 Å². The Labute approximate surface area is 205 Å². The van der Waals surface area contributed by atoms with Crippen molar-refractivity contribution in [3.63, 3.8) is 0 Å². The molecule has 36 heavy (non-hydrogen) atoms. The lowest BCUT2D eigenvalue weighted by Gasteiger charge is -2.34. The fourth-order valence-corrected chi connectivity index (χ4v) is 5.25. The predicted molar refractivity (Wildman–Crippen MR) is 129 cm³/mol. The lowest BCUT2D eigenvalue weighted by molar-refractivity contribution is -0.137. The SMILES string of the molecule is O=S(=O)(Nc1cnccn1)c1ccc2c(c1)OCCN2c1ccc(C(F)(F)F)cc1C1=CCNCC1. The monoisotopic (exact) mass is 517 g/mol. The zero-order chi connectivity index (χ0) is 25.3. The molecule has 3 heterocycles. The average Bonchev–Trinajstić information content (AvgIpc) is 2.88. The molecule has 1 aromatic heterocycles. The summed E-state index contributed by atoms with van der Waals surface area (Å²) in [6.07, 6.45) is 2.10. The van der Waals surface area contributed by atoms with E-state index in [1.54, 1.807) is 6.07 Å². The van der Waals surface area contributed by atoms with Gasteiger partial charge in [0.15, 0.2) is 5.82 Å². The molecule has 0 spiro atoms. The number of nitrogens with one attached hydrogen (secondary N) is 2. The van der Waals surface area contributed by atoms with E-state index in [-0.39, 0.29) is 17.3 Å². The minimum absolute atomic E-state index is 0.0394. The maximum Gasteiger partial charge on any atom is 0.416 e. The number of hydrogen-bond donors (Lipinski definition) is 2. The number of fused-ring (bicyclic) bond motifs is 1. The average molecular weight is 518 g/mol. The number of sulfonamides is 1. The third kappa shape index (κ3) is 4.86. The number of nitrogens with zero attached hydrogens (tertiary/aromatic N) is 3. The fourth-order valence-electron chi connectivity index (χ4n) is 4.24.